The summed E-state index contributed by atoms with van der Waals surface area (Å²) in [6.45, 7) is 4.49. The van der Waals surface area contributed by atoms with Gasteiger partial charge in [0.25, 0.3) is 0 Å². The number of hydrogen-bond donors (Lipinski definition) is 1. The molecule has 0 radical (unpaired) electrons. The van der Waals surface area contributed by atoms with Crippen LogP contribution in [0.2, 0.25) is 0 Å². The number of aromatic nitrogens is 2. The number of anilines is 2. The van der Waals surface area contributed by atoms with Gasteiger partial charge in [0.15, 0.2) is 0 Å². The van der Waals surface area contributed by atoms with Crippen LogP contribution in [-0.2, 0) is 6.42 Å². The van der Waals surface area contributed by atoms with Crippen molar-refractivity contribution in [3.05, 3.63) is 72.3 Å². The number of aryl methyl sites for hydroxylation is 1. The summed E-state index contributed by atoms with van der Waals surface area (Å²) in [5.41, 5.74) is 1.97. The first kappa shape index (κ1) is 20.6. The van der Waals surface area contributed by atoms with Gasteiger partial charge >= 0.3 is 6.03 Å². The van der Waals surface area contributed by atoms with Crippen molar-refractivity contribution in [1.82, 2.24) is 14.9 Å². The third-order valence-corrected chi connectivity index (χ3v) is 5.18. The van der Waals surface area contributed by atoms with E-state index >= 15 is 0 Å². The van der Waals surface area contributed by atoms with Gasteiger partial charge in [0.05, 0.1) is 0 Å². The van der Waals surface area contributed by atoms with E-state index in [1.165, 1.54) is 18.5 Å². The monoisotopic (exact) mass is 421 g/mol. The number of carbonyl (C=O) groups excluding carboxylic acids is 1. The lowest BCUT2D eigenvalue weighted by Crippen LogP contribution is -2.50. The molecule has 3 aromatic rings. The topological polar surface area (TPSA) is 70.6 Å². The number of piperazine rings is 1. The Balaban J connectivity index is 1.36. The normalized spacial score (nSPS) is 13.7. The number of nitrogens with zero attached hydrogens (tertiary/aromatic N) is 4. The number of halogens is 1. The van der Waals surface area contributed by atoms with Gasteiger partial charge in [-0.2, -0.15) is 0 Å². The van der Waals surface area contributed by atoms with Crippen LogP contribution in [0.25, 0.3) is 0 Å². The molecule has 1 saturated heterocycles. The van der Waals surface area contributed by atoms with Gasteiger partial charge in [-0.1, -0.05) is 31.2 Å². The minimum atomic E-state index is -0.372. The summed E-state index contributed by atoms with van der Waals surface area (Å²) in [5.74, 6) is 1.05. The van der Waals surface area contributed by atoms with E-state index in [1.54, 1.807) is 23.1 Å². The number of urea groups is 1. The average Bonchev–Trinajstić information content (AvgIpc) is 2.80. The Morgan fingerprint density at radius 3 is 2.65 bits per heavy atom. The zero-order chi connectivity index (χ0) is 21.6. The largest absolute Gasteiger partial charge is 0.439 e. The molecule has 160 valence electrons. The van der Waals surface area contributed by atoms with Gasteiger partial charge in [-0.25, -0.2) is 19.2 Å². The number of rotatable bonds is 5. The summed E-state index contributed by atoms with van der Waals surface area (Å²) in [7, 11) is 0. The van der Waals surface area contributed by atoms with Crippen LogP contribution < -0.4 is 15.0 Å². The second-order valence-electron chi connectivity index (χ2n) is 7.19. The number of para-hydroxylation sites is 1. The second-order valence-corrected chi connectivity index (χ2v) is 7.19. The van der Waals surface area contributed by atoms with Crippen molar-refractivity contribution in [2.45, 2.75) is 13.3 Å². The molecule has 0 atom stereocenters. The Labute approximate surface area is 180 Å². The molecule has 8 heteroatoms. The molecule has 1 aliphatic heterocycles. The van der Waals surface area contributed by atoms with E-state index in [0.717, 1.165) is 17.7 Å². The lowest BCUT2D eigenvalue weighted by molar-refractivity contribution is 0.208. The van der Waals surface area contributed by atoms with Crippen LogP contribution in [-0.4, -0.2) is 47.1 Å². The summed E-state index contributed by atoms with van der Waals surface area (Å²) in [5, 5.41) is 3.02. The highest BCUT2D eigenvalue weighted by atomic mass is 19.1. The van der Waals surface area contributed by atoms with Crippen molar-refractivity contribution in [3.8, 4) is 11.6 Å². The van der Waals surface area contributed by atoms with E-state index in [4.69, 9.17) is 4.74 Å². The molecule has 2 amide bonds. The molecule has 1 aliphatic rings. The number of nitrogens with one attached hydrogen (secondary N) is 1. The maximum atomic E-state index is 13.4. The first-order valence-electron chi connectivity index (χ1n) is 10.3. The van der Waals surface area contributed by atoms with Gasteiger partial charge < -0.3 is 19.9 Å². The quantitative estimate of drug-likeness (QED) is 0.664. The Morgan fingerprint density at radius 2 is 1.87 bits per heavy atom. The molecular formula is C23H24FN5O2. The minimum absolute atomic E-state index is 0.0987. The molecule has 31 heavy (non-hydrogen) atoms. The van der Waals surface area contributed by atoms with E-state index in [-0.39, 0.29) is 11.8 Å². The van der Waals surface area contributed by atoms with Crippen molar-refractivity contribution in [3.63, 3.8) is 0 Å². The van der Waals surface area contributed by atoms with Crippen molar-refractivity contribution < 1.29 is 13.9 Å². The van der Waals surface area contributed by atoms with E-state index < -0.39 is 0 Å². The van der Waals surface area contributed by atoms with Gasteiger partial charge in [0.1, 0.15) is 23.7 Å². The van der Waals surface area contributed by atoms with Crippen molar-refractivity contribution >= 4 is 17.5 Å². The third-order valence-electron chi connectivity index (χ3n) is 5.18. The van der Waals surface area contributed by atoms with E-state index in [0.29, 0.717) is 43.6 Å². The van der Waals surface area contributed by atoms with Gasteiger partial charge in [0, 0.05) is 44.0 Å². The predicted molar refractivity (Wildman–Crippen MR) is 117 cm³/mol. The Bertz CT molecular complexity index is 1050. The number of benzene rings is 2. The van der Waals surface area contributed by atoms with E-state index in [2.05, 4.69) is 27.1 Å². The lowest BCUT2D eigenvalue weighted by atomic mass is 10.1. The SMILES string of the molecule is CCc1ccccc1NC(=O)N1CCN(c2cc(Oc3cccc(F)c3)ncn2)CC1. The summed E-state index contributed by atoms with van der Waals surface area (Å²) in [4.78, 5) is 25.0. The summed E-state index contributed by atoms with van der Waals surface area (Å²) in [6.07, 6.45) is 2.28. The standard InChI is InChI=1S/C23H24FN5O2/c1-2-17-6-3-4-9-20(17)27-23(30)29-12-10-28(11-13-29)21-15-22(26-16-25-21)31-19-8-5-7-18(24)14-19/h3-9,14-16H,2,10-13H2,1H3,(H,27,30). The average molecular weight is 421 g/mol. The van der Waals surface area contributed by atoms with E-state index in [1.807, 2.05) is 24.3 Å². The van der Waals surface area contributed by atoms with Gasteiger partial charge in [-0.15, -0.1) is 0 Å². The molecule has 0 saturated carbocycles. The first-order chi connectivity index (χ1) is 15.1. The van der Waals surface area contributed by atoms with Crippen LogP contribution in [0.15, 0.2) is 60.9 Å². The van der Waals surface area contributed by atoms with Crippen molar-refractivity contribution in [1.29, 1.82) is 0 Å². The summed E-state index contributed by atoms with van der Waals surface area (Å²) >= 11 is 0. The molecule has 1 N–H and O–H groups in total. The van der Waals surface area contributed by atoms with Crippen LogP contribution in [0.5, 0.6) is 11.6 Å². The smallest absolute Gasteiger partial charge is 0.321 e. The lowest BCUT2D eigenvalue weighted by Gasteiger charge is -2.35. The zero-order valence-corrected chi connectivity index (χ0v) is 17.3. The number of ether oxygens (including phenoxy) is 1. The molecule has 1 aromatic heterocycles. The fourth-order valence-corrected chi connectivity index (χ4v) is 3.49. The highest BCUT2D eigenvalue weighted by molar-refractivity contribution is 5.90. The first-order valence-corrected chi connectivity index (χ1v) is 10.3. The highest BCUT2D eigenvalue weighted by Gasteiger charge is 2.23. The molecule has 7 nitrogen and oxygen atoms in total. The molecule has 1 fully saturated rings. The predicted octanol–water partition coefficient (Wildman–Crippen LogP) is 4.32. The summed E-state index contributed by atoms with van der Waals surface area (Å²) < 4.78 is 19.0. The van der Waals surface area contributed by atoms with Crippen LogP contribution in [0.4, 0.5) is 20.7 Å². The Kier molecular flexibility index (Phi) is 6.26. The van der Waals surface area contributed by atoms with Crippen LogP contribution in [0.1, 0.15) is 12.5 Å². The number of amides is 2. The highest BCUT2D eigenvalue weighted by Crippen LogP contribution is 2.24. The van der Waals surface area contributed by atoms with Gasteiger partial charge in [0.2, 0.25) is 5.88 Å². The third kappa shape index (κ3) is 5.09. The number of carbonyl (C=O) groups is 1. The Hall–Kier alpha value is -3.68. The maximum Gasteiger partial charge on any atom is 0.321 e. The van der Waals surface area contributed by atoms with Gasteiger partial charge in [-0.3, -0.25) is 0 Å². The fraction of sp³-hybridized carbons (Fsp3) is 0.261. The van der Waals surface area contributed by atoms with Crippen LogP contribution >= 0.6 is 0 Å². The number of hydrogen-bond acceptors (Lipinski definition) is 5. The minimum Gasteiger partial charge on any atom is -0.439 e. The van der Waals surface area contributed by atoms with Gasteiger partial charge in [-0.05, 0) is 30.2 Å². The molecule has 0 bridgehead atoms. The van der Waals surface area contributed by atoms with Crippen LogP contribution in [0, 0.1) is 5.82 Å². The Morgan fingerprint density at radius 1 is 1.06 bits per heavy atom. The maximum absolute atomic E-state index is 13.4. The zero-order valence-electron chi connectivity index (χ0n) is 17.3. The van der Waals surface area contributed by atoms with Crippen molar-refractivity contribution in [2.24, 2.45) is 0 Å². The van der Waals surface area contributed by atoms with Crippen molar-refractivity contribution in [2.75, 3.05) is 36.4 Å². The molecule has 2 heterocycles. The molecule has 2 aromatic carbocycles. The molecule has 0 unspecified atom stereocenters. The molecule has 4 rings (SSSR count). The molecule has 0 spiro atoms. The van der Waals surface area contributed by atoms with Crippen LogP contribution in [0.3, 0.4) is 0 Å². The molecular weight excluding hydrogens is 397 g/mol. The molecule has 0 aliphatic carbocycles. The summed E-state index contributed by atoms with van der Waals surface area (Å²) in [6, 6.07) is 15.4. The fourth-order valence-electron chi connectivity index (χ4n) is 3.49. The van der Waals surface area contributed by atoms with E-state index in [9.17, 15) is 9.18 Å². The second kappa shape index (κ2) is 9.42.